The summed E-state index contributed by atoms with van der Waals surface area (Å²) in [4.78, 5) is 38.6. The number of hydrogen-bond donors (Lipinski definition) is 1. The third-order valence-corrected chi connectivity index (χ3v) is 5.47. The van der Waals surface area contributed by atoms with Gasteiger partial charge in [-0.1, -0.05) is 17.7 Å². The van der Waals surface area contributed by atoms with Gasteiger partial charge in [0, 0.05) is 17.3 Å². The minimum atomic E-state index is -0.515. The number of nitrogens with one attached hydrogen (secondary N) is 1. The van der Waals surface area contributed by atoms with Crippen molar-refractivity contribution < 1.29 is 23.9 Å². The summed E-state index contributed by atoms with van der Waals surface area (Å²) in [5, 5.41) is 2.26. The van der Waals surface area contributed by atoms with Crippen LogP contribution >= 0.6 is 11.8 Å². The van der Waals surface area contributed by atoms with E-state index in [1.807, 2.05) is 26.0 Å². The predicted molar refractivity (Wildman–Crippen MR) is 117 cm³/mol. The van der Waals surface area contributed by atoms with Crippen LogP contribution in [-0.4, -0.2) is 42.7 Å². The number of imide groups is 1. The maximum Gasteiger partial charge on any atom is 0.294 e. The SMILES string of the molecule is COc1ccc(/C=C2/SC(=O)N(CC(=O)Nc3ccc(C)cc3C)C2=O)c(OC)c1. The van der Waals surface area contributed by atoms with E-state index in [-0.39, 0.29) is 11.4 Å². The molecule has 1 N–H and O–H groups in total. The molecule has 30 heavy (non-hydrogen) atoms. The minimum absolute atomic E-state index is 0.225. The van der Waals surface area contributed by atoms with Gasteiger partial charge in [-0.25, -0.2) is 0 Å². The lowest BCUT2D eigenvalue weighted by atomic mass is 10.1. The van der Waals surface area contributed by atoms with Crippen LogP contribution in [0.25, 0.3) is 6.08 Å². The highest BCUT2D eigenvalue weighted by atomic mass is 32.2. The summed E-state index contributed by atoms with van der Waals surface area (Å²) in [5.74, 6) is 0.167. The number of methoxy groups -OCH3 is 2. The van der Waals surface area contributed by atoms with Crippen LogP contribution in [0.15, 0.2) is 41.3 Å². The Morgan fingerprint density at radius 2 is 1.87 bits per heavy atom. The van der Waals surface area contributed by atoms with Crippen LogP contribution in [0.1, 0.15) is 16.7 Å². The molecule has 1 fully saturated rings. The van der Waals surface area contributed by atoms with Gasteiger partial charge in [0.15, 0.2) is 0 Å². The second kappa shape index (κ2) is 9.04. The topological polar surface area (TPSA) is 84.9 Å². The number of hydrogen-bond acceptors (Lipinski definition) is 6. The third kappa shape index (κ3) is 4.65. The predicted octanol–water partition coefficient (Wildman–Crippen LogP) is 4.00. The third-order valence-electron chi connectivity index (χ3n) is 4.56. The maximum atomic E-state index is 12.7. The molecule has 0 saturated carbocycles. The minimum Gasteiger partial charge on any atom is -0.497 e. The number of rotatable bonds is 6. The van der Waals surface area contributed by atoms with Gasteiger partial charge in [-0.05, 0) is 55.4 Å². The van der Waals surface area contributed by atoms with Crippen molar-refractivity contribution in [1.82, 2.24) is 4.90 Å². The Kier molecular flexibility index (Phi) is 6.47. The molecule has 0 bridgehead atoms. The highest BCUT2D eigenvalue weighted by Gasteiger charge is 2.36. The Morgan fingerprint density at radius 3 is 2.53 bits per heavy atom. The molecule has 1 aliphatic heterocycles. The molecule has 0 radical (unpaired) electrons. The Morgan fingerprint density at radius 1 is 1.10 bits per heavy atom. The molecule has 2 aromatic rings. The summed E-state index contributed by atoms with van der Waals surface area (Å²) < 4.78 is 10.5. The molecule has 7 nitrogen and oxygen atoms in total. The molecule has 3 rings (SSSR count). The molecule has 0 atom stereocenters. The molecule has 3 amide bonds. The van der Waals surface area contributed by atoms with Crippen molar-refractivity contribution in [3.05, 3.63) is 58.0 Å². The lowest BCUT2D eigenvalue weighted by Gasteiger charge is -2.14. The number of benzene rings is 2. The van der Waals surface area contributed by atoms with E-state index in [2.05, 4.69) is 5.32 Å². The summed E-state index contributed by atoms with van der Waals surface area (Å²) in [7, 11) is 3.05. The highest BCUT2D eigenvalue weighted by Crippen LogP contribution is 2.35. The van der Waals surface area contributed by atoms with Crippen LogP contribution in [0, 0.1) is 13.8 Å². The van der Waals surface area contributed by atoms with Crippen LogP contribution < -0.4 is 14.8 Å². The molecule has 1 saturated heterocycles. The number of carbonyl (C=O) groups is 3. The van der Waals surface area contributed by atoms with Crippen LogP contribution in [0.2, 0.25) is 0 Å². The molecule has 1 aliphatic rings. The average molecular weight is 426 g/mol. The van der Waals surface area contributed by atoms with Crippen molar-refractivity contribution in [3.8, 4) is 11.5 Å². The van der Waals surface area contributed by atoms with Crippen molar-refractivity contribution in [2.45, 2.75) is 13.8 Å². The van der Waals surface area contributed by atoms with Gasteiger partial charge in [-0.2, -0.15) is 0 Å². The smallest absolute Gasteiger partial charge is 0.294 e. The summed E-state index contributed by atoms with van der Waals surface area (Å²) in [6.45, 7) is 3.49. The largest absolute Gasteiger partial charge is 0.497 e. The van der Waals surface area contributed by atoms with Crippen molar-refractivity contribution in [2.24, 2.45) is 0 Å². The van der Waals surface area contributed by atoms with Crippen LogP contribution in [0.4, 0.5) is 10.5 Å². The molecule has 0 unspecified atom stereocenters. The number of nitrogens with zero attached hydrogens (tertiary/aromatic N) is 1. The summed E-state index contributed by atoms with van der Waals surface area (Å²) in [6.07, 6.45) is 1.57. The fraction of sp³-hybridized carbons (Fsp3) is 0.227. The maximum absolute atomic E-state index is 12.7. The standard InChI is InChI=1S/C22H22N2O5S/c1-13-5-8-17(14(2)9-13)23-20(25)12-24-21(26)19(30-22(24)27)10-15-6-7-16(28-3)11-18(15)29-4/h5-11H,12H2,1-4H3,(H,23,25)/b19-10+. The van der Waals surface area contributed by atoms with E-state index in [0.29, 0.717) is 22.7 Å². The normalized spacial score (nSPS) is 14.9. The van der Waals surface area contributed by atoms with Gasteiger partial charge in [0.05, 0.1) is 19.1 Å². The van der Waals surface area contributed by atoms with Crippen LogP contribution in [0.3, 0.4) is 0 Å². The summed E-state index contributed by atoms with van der Waals surface area (Å²) >= 11 is 0.791. The highest BCUT2D eigenvalue weighted by molar-refractivity contribution is 8.18. The van der Waals surface area contributed by atoms with E-state index in [1.165, 1.54) is 7.11 Å². The molecule has 2 aromatic carbocycles. The Labute approximate surface area is 179 Å². The number of thioether (sulfide) groups is 1. The van der Waals surface area contributed by atoms with Gasteiger partial charge in [0.25, 0.3) is 11.1 Å². The first kappa shape index (κ1) is 21.4. The van der Waals surface area contributed by atoms with Gasteiger partial charge < -0.3 is 14.8 Å². The number of carbonyl (C=O) groups excluding carboxylic acids is 3. The van der Waals surface area contributed by atoms with E-state index < -0.39 is 17.1 Å². The van der Waals surface area contributed by atoms with Gasteiger partial charge >= 0.3 is 0 Å². The number of ether oxygens (including phenoxy) is 2. The first-order valence-electron chi connectivity index (χ1n) is 9.17. The Hall–Kier alpha value is -3.26. The molecule has 1 heterocycles. The average Bonchev–Trinajstić information content (AvgIpc) is 2.97. The van der Waals surface area contributed by atoms with Crippen LogP contribution in [0.5, 0.6) is 11.5 Å². The quantitative estimate of drug-likeness (QED) is 0.703. The second-order valence-electron chi connectivity index (χ2n) is 6.74. The molecule has 0 aliphatic carbocycles. The molecule has 0 spiro atoms. The Balaban J connectivity index is 1.74. The van der Waals surface area contributed by atoms with Gasteiger partial charge in [-0.15, -0.1) is 0 Å². The number of aryl methyl sites for hydroxylation is 2. The monoisotopic (exact) mass is 426 g/mol. The van der Waals surface area contributed by atoms with E-state index >= 15 is 0 Å². The van der Waals surface area contributed by atoms with Crippen molar-refractivity contribution in [2.75, 3.05) is 26.1 Å². The first-order chi connectivity index (χ1) is 14.3. The molecule has 8 heteroatoms. The van der Waals surface area contributed by atoms with Gasteiger partial charge in [0.1, 0.15) is 18.0 Å². The zero-order valence-electron chi connectivity index (χ0n) is 17.1. The fourth-order valence-electron chi connectivity index (χ4n) is 3.00. The Bertz CT molecular complexity index is 1050. The van der Waals surface area contributed by atoms with E-state index in [0.717, 1.165) is 27.8 Å². The molecule has 156 valence electrons. The first-order valence-corrected chi connectivity index (χ1v) is 9.98. The van der Waals surface area contributed by atoms with E-state index in [1.54, 1.807) is 37.5 Å². The fourth-order valence-corrected chi connectivity index (χ4v) is 3.83. The summed E-state index contributed by atoms with van der Waals surface area (Å²) in [6, 6.07) is 10.8. The zero-order valence-corrected chi connectivity index (χ0v) is 18.0. The molecular formula is C22H22N2O5S. The summed E-state index contributed by atoms with van der Waals surface area (Å²) in [5.41, 5.74) is 3.26. The lowest BCUT2D eigenvalue weighted by Crippen LogP contribution is -2.36. The van der Waals surface area contributed by atoms with E-state index in [9.17, 15) is 14.4 Å². The molecule has 0 aromatic heterocycles. The van der Waals surface area contributed by atoms with Gasteiger partial charge in [0.2, 0.25) is 5.91 Å². The van der Waals surface area contributed by atoms with Gasteiger partial charge in [-0.3, -0.25) is 19.3 Å². The molecular weight excluding hydrogens is 404 g/mol. The second-order valence-corrected chi connectivity index (χ2v) is 7.74. The van der Waals surface area contributed by atoms with Crippen molar-refractivity contribution in [3.63, 3.8) is 0 Å². The lowest BCUT2D eigenvalue weighted by molar-refractivity contribution is -0.127. The number of amides is 3. The number of anilines is 1. The van der Waals surface area contributed by atoms with Crippen molar-refractivity contribution in [1.29, 1.82) is 0 Å². The van der Waals surface area contributed by atoms with Crippen LogP contribution in [-0.2, 0) is 9.59 Å². The van der Waals surface area contributed by atoms with Crippen molar-refractivity contribution >= 4 is 40.6 Å². The van der Waals surface area contributed by atoms with E-state index in [4.69, 9.17) is 9.47 Å². The zero-order chi connectivity index (χ0) is 21.8.